The van der Waals surface area contributed by atoms with Crippen LogP contribution in [0.15, 0.2) is 0 Å². The highest BCUT2D eigenvalue weighted by molar-refractivity contribution is 5.73. The maximum atomic E-state index is 11.2. The van der Waals surface area contributed by atoms with Gasteiger partial charge in [-0.25, -0.2) is 0 Å². The second kappa shape index (κ2) is 5.15. The minimum absolute atomic E-state index is 0.208. The van der Waals surface area contributed by atoms with E-state index in [9.17, 15) is 4.79 Å². The molecular formula is C12H22N2O2. The van der Waals surface area contributed by atoms with E-state index in [0.717, 1.165) is 45.6 Å². The molecule has 0 spiro atoms. The van der Waals surface area contributed by atoms with Gasteiger partial charge in [-0.15, -0.1) is 0 Å². The lowest BCUT2D eigenvalue weighted by atomic mass is 9.97. The molecular weight excluding hydrogens is 204 g/mol. The van der Waals surface area contributed by atoms with Crippen LogP contribution in [0.25, 0.3) is 0 Å². The quantitative estimate of drug-likeness (QED) is 0.705. The third-order valence-corrected chi connectivity index (χ3v) is 3.66. The molecule has 1 amide bonds. The second-order valence-corrected chi connectivity index (χ2v) is 5.13. The van der Waals surface area contributed by atoms with Gasteiger partial charge < -0.3 is 14.5 Å². The normalized spacial score (nSPS) is 24.5. The highest BCUT2D eigenvalue weighted by Gasteiger charge is 2.26. The zero-order valence-corrected chi connectivity index (χ0v) is 10.3. The number of amides is 1. The maximum absolute atomic E-state index is 11.2. The lowest BCUT2D eigenvalue weighted by Gasteiger charge is -2.38. The summed E-state index contributed by atoms with van der Waals surface area (Å²) in [7, 11) is 2.12. The third-order valence-electron chi connectivity index (χ3n) is 3.66. The van der Waals surface area contributed by atoms with Gasteiger partial charge in [0.25, 0.3) is 0 Å². The molecule has 0 bridgehead atoms. The summed E-state index contributed by atoms with van der Waals surface area (Å²) in [6, 6.07) is 0. The SMILES string of the molecule is CC(=O)N1CCC(COC2CN(C)C2)CC1. The zero-order chi connectivity index (χ0) is 11.5. The Morgan fingerprint density at radius 1 is 1.31 bits per heavy atom. The Labute approximate surface area is 97.5 Å². The monoisotopic (exact) mass is 226 g/mol. The molecule has 16 heavy (non-hydrogen) atoms. The zero-order valence-electron chi connectivity index (χ0n) is 10.3. The molecule has 2 saturated heterocycles. The number of ether oxygens (including phenoxy) is 1. The fraction of sp³-hybridized carbons (Fsp3) is 0.917. The summed E-state index contributed by atoms with van der Waals surface area (Å²) < 4.78 is 5.84. The molecule has 0 radical (unpaired) electrons. The molecule has 2 heterocycles. The molecule has 4 heteroatoms. The first-order valence-electron chi connectivity index (χ1n) is 6.21. The number of piperidine rings is 1. The van der Waals surface area contributed by atoms with Crippen molar-refractivity contribution in [2.75, 3.05) is 39.8 Å². The molecule has 2 rings (SSSR count). The largest absolute Gasteiger partial charge is 0.375 e. The van der Waals surface area contributed by atoms with E-state index in [1.54, 1.807) is 6.92 Å². The van der Waals surface area contributed by atoms with Crippen LogP contribution in [-0.4, -0.2) is 61.6 Å². The van der Waals surface area contributed by atoms with E-state index < -0.39 is 0 Å². The minimum Gasteiger partial charge on any atom is -0.375 e. The fourth-order valence-corrected chi connectivity index (χ4v) is 2.43. The smallest absolute Gasteiger partial charge is 0.219 e. The number of hydrogen-bond acceptors (Lipinski definition) is 3. The predicted molar refractivity (Wildman–Crippen MR) is 62.2 cm³/mol. The summed E-state index contributed by atoms with van der Waals surface area (Å²) in [4.78, 5) is 15.4. The minimum atomic E-state index is 0.208. The molecule has 2 aliphatic rings. The molecule has 4 nitrogen and oxygen atoms in total. The van der Waals surface area contributed by atoms with Crippen LogP contribution in [0, 0.1) is 5.92 Å². The van der Waals surface area contributed by atoms with Gasteiger partial charge in [0.1, 0.15) is 0 Å². The Morgan fingerprint density at radius 3 is 2.44 bits per heavy atom. The van der Waals surface area contributed by atoms with Gasteiger partial charge >= 0.3 is 0 Å². The molecule has 0 unspecified atom stereocenters. The number of nitrogens with zero attached hydrogens (tertiary/aromatic N) is 2. The first kappa shape index (κ1) is 11.9. The Kier molecular flexibility index (Phi) is 3.82. The van der Waals surface area contributed by atoms with E-state index in [-0.39, 0.29) is 5.91 Å². The molecule has 92 valence electrons. The predicted octanol–water partition coefficient (Wildman–Crippen LogP) is 0.575. The van der Waals surface area contributed by atoms with Crippen molar-refractivity contribution in [3.8, 4) is 0 Å². The van der Waals surface area contributed by atoms with Gasteiger partial charge in [0.2, 0.25) is 5.91 Å². The summed E-state index contributed by atoms with van der Waals surface area (Å²) in [6.07, 6.45) is 2.65. The van der Waals surface area contributed by atoms with Gasteiger partial charge in [0.05, 0.1) is 12.7 Å². The highest BCUT2D eigenvalue weighted by atomic mass is 16.5. The maximum Gasteiger partial charge on any atom is 0.219 e. The molecule has 0 aromatic heterocycles. The second-order valence-electron chi connectivity index (χ2n) is 5.13. The van der Waals surface area contributed by atoms with Crippen molar-refractivity contribution in [3.63, 3.8) is 0 Å². The van der Waals surface area contributed by atoms with Crippen molar-refractivity contribution in [3.05, 3.63) is 0 Å². The van der Waals surface area contributed by atoms with Crippen molar-refractivity contribution in [2.45, 2.75) is 25.9 Å². The van der Waals surface area contributed by atoms with Gasteiger partial charge in [0, 0.05) is 33.1 Å². The van der Waals surface area contributed by atoms with Crippen molar-refractivity contribution in [1.82, 2.24) is 9.80 Å². The van der Waals surface area contributed by atoms with E-state index in [2.05, 4.69) is 11.9 Å². The molecule has 0 atom stereocenters. The molecule has 0 aliphatic carbocycles. The van der Waals surface area contributed by atoms with Crippen LogP contribution >= 0.6 is 0 Å². The molecule has 0 aromatic carbocycles. The van der Waals surface area contributed by atoms with E-state index in [1.807, 2.05) is 4.90 Å². The van der Waals surface area contributed by atoms with E-state index in [0.29, 0.717) is 12.0 Å². The fourth-order valence-electron chi connectivity index (χ4n) is 2.43. The lowest BCUT2D eigenvalue weighted by molar-refractivity contribution is -0.131. The summed E-state index contributed by atoms with van der Waals surface area (Å²) in [5.41, 5.74) is 0. The average Bonchev–Trinajstić information content (AvgIpc) is 2.23. The standard InChI is InChI=1S/C12H22N2O2/c1-10(15)14-5-3-11(4-6-14)9-16-12-7-13(2)8-12/h11-12H,3-9H2,1-2H3. The van der Waals surface area contributed by atoms with Crippen molar-refractivity contribution in [2.24, 2.45) is 5.92 Å². The van der Waals surface area contributed by atoms with Crippen molar-refractivity contribution < 1.29 is 9.53 Å². The summed E-state index contributed by atoms with van der Waals surface area (Å²) in [5.74, 6) is 0.862. The van der Waals surface area contributed by atoms with Crippen molar-refractivity contribution in [1.29, 1.82) is 0 Å². The number of likely N-dealkylation sites (N-methyl/N-ethyl adjacent to an activating group) is 1. The molecule has 2 fully saturated rings. The summed E-state index contributed by atoms with van der Waals surface area (Å²) in [6.45, 7) is 6.51. The molecule has 0 N–H and O–H groups in total. The van der Waals surface area contributed by atoms with Crippen LogP contribution in [0.4, 0.5) is 0 Å². The van der Waals surface area contributed by atoms with Gasteiger partial charge in [0.15, 0.2) is 0 Å². The van der Waals surface area contributed by atoms with Crippen LogP contribution in [0.3, 0.4) is 0 Å². The van der Waals surface area contributed by atoms with Gasteiger partial charge in [-0.3, -0.25) is 4.79 Å². The Hall–Kier alpha value is -0.610. The molecule has 2 aliphatic heterocycles. The van der Waals surface area contributed by atoms with Crippen LogP contribution in [0.5, 0.6) is 0 Å². The Bertz CT molecular complexity index is 243. The van der Waals surface area contributed by atoms with E-state index in [4.69, 9.17) is 4.74 Å². The first-order valence-corrected chi connectivity index (χ1v) is 6.21. The van der Waals surface area contributed by atoms with Gasteiger partial charge in [-0.2, -0.15) is 0 Å². The number of carbonyl (C=O) groups is 1. The van der Waals surface area contributed by atoms with E-state index >= 15 is 0 Å². The summed E-state index contributed by atoms with van der Waals surface area (Å²) in [5, 5.41) is 0. The highest BCUT2D eigenvalue weighted by Crippen LogP contribution is 2.19. The van der Waals surface area contributed by atoms with Crippen LogP contribution < -0.4 is 0 Å². The number of hydrogen-bond donors (Lipinski definition) is 0. The topological polar surface area (TPSA) is 32.8 Å². The Balaban J connectivity index is 1.60. The first-order chi connectivity index (χ1) is 7.65. The number of likely N-dealkylation sites (tertiary alicyclic amines) is 2. The summed E-state index contributed by atoms with van der Waals surface area (Å²) >= 11 is 0. The van der Waals surface area contributed by atoms with Gasteiger partial charge in [-0.05, 0) is 25.8 Å². The van der Waals surface area contributed by atoms with Crippen LogP contribution in [0.1, 0.15) is 19.8 Å². The molecule has 0 saturated carbocycles. The van der Waals surface area contributed by atoms with Crippen LogP contribution in [-0.2, 0) is 9.53 Å². The number of carbonyl (C=O) groups excluding carboxylic acids is 1. The lowest BCUT2D eigenvalue weighted by Crippen LogP contribution is -2.50. The van der Waals surface area contributed by atoms with E-state index in [1.165, 1.54) is 0 Å². The molecule has 0 aromatic rings. The van der Waals surface area contributed by atoms with Gasteiger partial charge in [-0.1, -0.05) is 0 Å². The van der Waals surface area contributed by atoms with Crippen molar-refractivity contribution >= 4 is 5.91 Å². The average molecular weight is 226 g/mol. The third kappa shape index (κ3) is 2.95. The van der Waals surface area contributed by atoms with Crippen LogP contribution in [0.2, 0.25) is 0 Å². The number of rotatable bonds is 3. The Morgan fingerprint density at radius 2 is 1.94 bits per heavy atom.